The van der Waals surface area contributed by atoms with Gasteiger partial charge in [0.2, 0.25) is 0 Å². The van der Waals surface area contributed by atoms with Crippen molar-refractivity contribution in [2.45, 2.75) is 13.0 Å². The summed E-state index contributed by atoms with van der Waals surface area (Å²) in [5.74, 6) is 0.702. The molecule has 3 nitrogen and oxygen atoms in total. The Morgan fingerprint density at radius 3 is 2.89 bits per heavy atom. The highest BCUT2D eigenvalue weighted by Gasteiger charge is 2.01. The van der Waals surface area contributed by atoms with Crippen molar-refractivity contribution >= 4 is 11.6 Å². The molecule has 0 bridgehead atoms. The molecule has 0 unspecified atom stereocenters. The average Bonchev–Trinajstić information content (AvgIpc) is 2.38. The number of rotatable bonds is 9. The molecule has 0 spiro atoms. The zero-order valence-electron chi connectivity index (χ0n) is 10.7. The minimum absolute atomic E-state index is 0.638. The van der Waals surface area contributed by atoms with Crippen molar-refractivity contribution < 1.29 is 9.47 Å². The Balaban J connectivity index is 2.19. The first kappa shape index (κ1) is 15.0. The van der Waals surface area contributed by atoms with Crippen LogP contribution in [-0.4, -0.2) is 26.9 Å². The number of benzene rings is 1. The third-order valence-corrected chi connectivity index (χ3v) is 2.73. The van der Waals surface area contributed by atoms with Gasteiger partial charge in [-0.05, 0) is 24.1 Å². The summed E-state index contributed by atoms with van der Waals surface area (Å²) in [5, 5.41) is 3.93. The third kappa shape index (κ3) is 5.54. The van der Waals surface area contributed by atoms with Gasteiger partial charge in [0.1, 0.15) is 5.75 Å². The summed E-state index contributed by atoms with van der Waals surface area (Å²) in [7, 11) is 1.61. The zero-order chi connectivity index (χ0) is 13.2. The van der Waals surface area contributed by atoms with E-state index in [2.05, 4.69) is 11.9 Å². The maximum atomic E-state index is 6.04. The van der Waals surface area contributed by atoms with Crippen LogP contribution in [0.25, 0.3) is 0 Å². The van der Waals surface area contributed by atoms with Gasteiger partial charge in [0.15, 0.2) is 0 Å². The fraction of sp³-hybridized carbons (Fsp3) is 0.429. The normalized spacial score (nSPS) is 10.3. The number of hydrogen-bond acceptors (Lipinski definition) is 3. The second kappa shape index (κ2) is 8.97. The molecule has 0 atom stereocenters. The van der Waals surface area contributed by atoms with Gasteiger partial charge >= 0.3 is 0 Å². The van der Waals surface area contributed by atoms with Crippen molar-refractivity contribution in [3.05, 3.63) is 41.4 Å². The van der Waals surface area contributed by atoms with Gasteiger partial charge in [-0.15, -0.1) is 6.58 Å². The molecule has 100 valence electrons. The van der Waals surface area contributed by atoms with E-state index in [1.54, 1.807) is 7.11 Å². The molecule has 0 heterocycles. The lowest BCUT2D eigenvalue weighted by molar-refractivity contribution is 0.140. The number of hydrogen-bond donors (Lipinski definition) is 1. The van der Waals surface area contributed by atoms with E-state index in [9.17, 15) is 0 Å². The van der Waals surface area contributed by atoms with Crippen molar-refractivity contribution in [3.63, 3.8) is 0 Å². The van der Waals surface area contributed by atoms with Crippen molar-refractivity contribution in [2.75, 3.05) is 26.9 Å². The molecule has 0 saturated heterocycles. The van der Waals surface area contributed by atoms with Crippen LogP contribution in [-0.2, 0) is 11.3 Å². The summed E-state index contributed by atoms with van der Waals surface area (Å²) in [6, 6.07) is 5.78. The standard InChI is InChI=1S/C14H20ClNO2/c1-3-4-8-18-9-7-16-11-12-5-6-14(17-2)13(15)10-12/h3,5-6,10,16H,1,4,7-9,11H2,2H3. The minimum atomic E-state index is 0.638. The van der Waals surface area contributed by atoms with E-state index in [-0.39, 0.29) is 0 Å². The van der Waals surface area contributed by atoms with E-state index < -0.39 is 0 Å². The maximum Gasteiger partial charge on any atom is 0.137 e. The van der Waals surface area contributed by atoms with Crippen molar-refractivity contribution in [2.24, 2.45) is 0 Å². The molecule has 1 aromatic carbocycles. The Bertz CT molecular complexity index is 369. The topological polar surface area (TPSA) is 30.5 Å². The Kier molecular flexibility index (Phi) is 7.49. The van der Waals surface area contributed by atoms with E-state index in [1.165, 1.54) is 0 Å². The van der Waals surface area contributed by atoms with Crippen LogP contribution in [0, 0.1) is 0 Å². The summed E-state index contributed by atoms with van der Waals surface area (Å²) in [5.41, 5.74) is 1.13. The van der Waals surface area contributed by atoms with Crippen LogP contribution in [0.3, 0.4) is 0 Å². The summed E-state index contributed by atoms with van der Waals surface area (Å²) in [6.07, 6.45) is 2.75. The molecule has 0 fully saturated rings. The van der Waals surface area contributed by atoms with Gasteiger partial charge in [0, 0.05) is 13.1 Å². The van der Waals surface area contributed by atoms with Crippen LogP contribution < -0.4 is 10.1 Å². The van der Waals surface area contributed by atoms with Crippen LogP contribution in [0.4, 0.5) is 0 Å². The smallest absolute Gasteiger partial charge is 0.137 e. The number of halogens is 1. The van der Waals surface area contributed by atoms with Crippen LogP contribution in [0.15, 0.2) is 30.9 Å². The first-order chi connectivity index (χ1) is 8.77. The molecule has 0 aliphatic rings. The van der Waals surface area contributed by atoms with Gasteiger partial charge in [0.05, 0.1) is 25.3 Å². The number of ether oxygens (including phenoxy) is 2. The maximum absolute atomic E-state index is 6.04. The van der Waals surface area contributed by atoms with Crippen molar-refractivity contribution in [1.82, 2.24) is 5.32 Å². The molecule has 0 aromatic heterocycles. The summed E-state index contributed by atoms with van der Waals surface area (Å²) < 4.78 is 10.5. The SMILES string of the molecule is C=CCCOCCNCc1ccc(OC)c(Cl)c1. The molecule has 1 rings (SSSR count). The van der Waals surface area contributed by atoms with Crippen LogP contribution in [0.1, 0.15) is 12.0 Å². The molecule has 0 amide bonds. The van der Waals surface area contributed by atoms with E-state index in [0.29, 0.717) is 17.4 Å². The van der Waals surface area contributed by atoms with Crippen molar-refractivity contribution in [3.8, 4) is 5.75 Å². The Morgan fingerprint density at radius 1 is 1.39 bits per heavy atom. The molecule has 0 aliphatic carbocycles. The first-order valence-corrected chi connectivity index (χ1v) is 6.37. The average molecular weight is 270 g/mol. The second-order valence-electron chi connectivity index (χ2n) is 3.84. The van der Waals surface area contributed by atoms with Gasteiger partial charge in [-0.3, -0.25) is 0 Å². The Hall–Kier alpha value is -1.03. The molecular formula is C14H20ClNO2. The molecular weight excluding hydrogens is 250 g/mol. The lowest BCUT2D eigenvalue weighted by atomic mass is 10.2. The van der Waals surface area contributed by atoms with Gasteiger partial charge in [-0.1, -0.05) is 23.7 Å². The quantitative estimate of drug-likeness (QED) is 0.552. The molecule has 4 heteroatoms. The summed E-state index contributed by atoms with van der Waals surface area (Å²) in [6.45, 7) is 6.67. The van der Waals surface area contributed by atoms with E-state index in [4.69, 9.17) is 21.1 Å². The predicted molar refractivity (Wildman–Crippen MR) is 75.3 cm³/mol. The lowest BCUT2D eigenvalue weighted by Gasteiger charge is -2.08. The molecule has 1 N–H and O–H groups in total. The van der Waals surface area contributed by atoms with Crippen LogP contribution in [0.5, 0.6) is 5.75 Å². The predicted octanol–water partition coefficient (Wildman–Crippen LogP) is 3.03. The highest BCUT2D eigenvalue weighted by atomic mass is 35.5. The molecule has 0 saturated carbocycles. The van der Waals surface area contributed by atoms with Gasteiger partial charge in [0.25, 0.3) is 0 Å². The molecule has 1 aromatic rings. The summed E-state index contributed by atoms with van der Waals surface area (Å²) >= 11 is 6.04. The van der Waals surface area contributed by atoms with E-state index >= 15 is 0 Å². The fourth-order valence-electron chi connectivity index (χ4n) is 1.47. The summed E-state index contributed by atoms with van der Waals surface area (Å²) in [4.78, 5) is 0. The third-order valence-electron chi connectivity index (χ3n) is 2.43. The van der Waals surface area contributed by atoms with Gasteiger partial charge in [-0.2, -0.15) is 0 Å². The van der Waals surface area contributed by atoms with Crippen LogP contribution in [0.2, 0.25) is 5.02 Å². The monoisotopic (exact) mass is 269 g/mol. The Labute approximate surface area is 114 Å². The highest BCUT2D eigenvalue weighted by Crippen LogP contribution is 2.24. The lowest BCUT2D eigenvalue weighted by Crippen LogP contribution is -2.19. The van der Waals surface area contributed by atoms with E-state index in [0.717, 1.165) is 31.7 Å². The number of methoxy groups -OCH3 is 1. The second-order valence-corrected chi connectivity index (χ2v) is 4.24. The van der Waals surface area contributed by atoms with Crippen LogP contribution >= 0.6 is 11.6 Å². The van der Waals surface area contributed by atoms with Gasteiger partial charge < -0.3 is 14.8 Å². The fourth-order valence-corrected chi connectivity index (χ4v) is 1.75. The zero-order valence-corrected chi connectivity index (χ0v) is 11.5. The van der Waals surface area contributed by atoms with E-state index in [1.807, 2.05) is 24.3 Å². The Morgan fingerprint density at radius 2 is 2.22 bits per heavy atom. The molecule has 0 radical (unpaired) electrons. The minimum Gasteiger partial charge on any atom is -0.495 e. The van der Waals surface area contributed by atoms with Crippen molar-refractivity contribution in [1.29, 1.82) is 0 Å². The first-order valence-electron chi connectivity index (χ1n) is 5.99. The highest BCUT2D eigenvalue weighted by molar-refractivity contribution is 6.32. The molecule has 0 aliphatic heterocycles. The molecule has 18 heavy (non-hydrogen) atoms. The van der Waals surface area contributed by atoms with Gasteiger partial charge in [-0.25, -0.2) is 0 Å². The largest absolute Gasteiger partial charge is 0.495 e. The number of nitrogens with one attached hydrogen (secondary N) is 1.